The van der Waals surface area contributed by atoms with Gasteiger partial charge in [0.15, 0.2) is 0 Å². The smallest absolute Gasteiger partial charge is 0.134 e. The van der Waals surface area contributed by atoms with E-state index in [-0.39, 0.29) is 12.2 Å². The Morgan fingerprint density at radius 1 is 0.538 bits per heavy atom. The SMILES string of the molecule is NCCC(COc1ccc2c(c1)Cc1cc(OCC(CCN)Oc3ccccc3)ccc1-2)Oc1ccccc1. The first-order valence-corrected chi connectivity index (χ1v) is 13.6. The van der Waals surface area contributed by atoms with Gasteiger partial charge < -0.3 is 30.4 Å². The van der Waals surface area contributed by atoms with Crippen LogP contribution >= 0.6 is 0 Å². The summed E-state index contributed by atoms with van der Waals surface area (Å²) in [6.07, 6.45) is 2.04. The molecule has 0 fully saturated rings. The van der Waals surface area contributed by atoms with Gasteiger partial charge in [0.25, 0.3) is 0 Å². The van der Waals surface area contributed by atoms with Gasteiger partial charge in [0, 0.05) is 0 Å². The number of nitrogens with two attached hydrogens (primary N) is 2. The largest absolute Gasteiger partial charge is 0.490 e. The lowest BCUT2D eigenvalue weighted by molar-refractivity contribution is 0.123. The minimum absolute atomic E-state index is 0.114. The van der Waals surface area contributed by atoms with Crippen LogP contribution in [0.25, 0.3) is 11.1 Å². The van der Waals surface area contributed by atoms with Crippen molar-refractivity contribution >= 4 is 0 Å². The molecule has 39 heavy (non-hydrogen) atoms. The molecule has 4 aromatic carbocycles. The van der Waals surface area contributed by atoms with Gasteiger partial charge in [-0.2, -0.15) is 0 Å². The molecular formula is C33H36N2O4. The predicted molar refractivity (Wildman–Crippen MR) is 155 cm³/mol. The lowest BCUT2D eigenvalue weighted by Gasteiger charge is -2.19. The maximum atomic E-state index is 6.15. The summed E-state index contributed by atoms with van der Waals surface area (Å²) in [6, 6.07) is 32.2. The van der Waals surface area contributed by atoms with E-state index in [1.165, 1.54) is 22.3 Å². The molecule has 0 spiro atoms. The molecular weight excluding hydrogens is 488 g/mol. The Morgan fingerprint density at radius 2 is 0.974 bits per heavy atom. The fourth-order valence-corrected chi connectivity index (χ4v) is 4.83. The van der Waals surface area contributed by atoms with Crippen LogP contribution < -0.4 is 30.4 Å². The van der Waals surface area contributed by atoms with Crippen LogP contribution in [0.1, 0.15) is 24.0 Å². The molecule has 4 N–H and O–H groups in total. The second-order valence-electron chi connectivity index (χ2n) is 9.70. The maximum absolute atomic E-state index is 6.15. The molecule has 0 heterocycles. The number of hydrogen-bond acceptors (Lipinski definition) is 6. The first-order chi connectivity index (χ1) is 19.2. The standard InChI is InChI=1S/C33H36N2O4/c34-17-15-30(38-26-7-3-1-4-8-26)22-36-28-11-13-32-24(20-28)19-25-21-29(12-14-33(25)32)37-23-31(16-18-35)39-27-9-5-2-6-10-27/h1-14,20-21,30-31H,15-19,22-23,34-35H2. The molecule has 2 unspecified atom stereocenters. The molecule has 0 bridgehead atoms. The third-order valence-corrected chi connectivity index (χ3v) is 6.77. The molecule has 1 aliphatic carbocycles. The molecule has 202 valence electrons. The topological polar surface area (TPSA) is 89.0 Å². The Morgan fingerprint density at radius 3 is 1.38 bits per heavy atom. The van der Waals surface area contributed by atoms with E-state index in [2.05, 4.69) is 24.3 Å². The molecule has 1 aliphatic rings. The minimum atomic E-state index is -0.114. The monoisotopic (exact) mass is 524 g/mol. The second kappa shape index (κ2) is 13.2. The van der Waals surface area contributed by atoms with Crippen LogP contribution in [0.5, 0.6) is 23.0 Å². The molecule has 0 amide bonds. The van der Waals surface area contributed by atoms with Gasteiger partial charge in [-0.15, -0.1) is 0 Å². The van der Waals surface area contributed by atoms with Crippen molar-refractivity contribution in [1.82, 2.24) is 0 Å². The highest BCUT2D eigenvalue weighted by molar-refractivity contribution is 5.78. The Balaban J connectivity index is 1.19. The van der Waals surface area contributed by atoms with Gasteiger partial charge in [-0.3, -0.25) is 0 Å². The highest BCUT2D eigenvalue weighted by Gasteiger charge is 2.21. The van der Waals surface area contributed by atoms with Gasteiger partial charge >= 0.3 is 0 Å². The molecule has 2 atom stereocenters. The summed E-state index contributed by atoms with van der Waals surface area (Å²) < 4.78 is 24.5. The normalized spacial score (nSPS) is 13.2. The van der Waals surface area contributed by atoms with Crippen molar-refractivity contribution in [2.24, 2.45) is 11.5 Å². The predicted octanol–water partition coefficient (Wildman–Crippen LogP) is 5.61. The molecule has 6 heteroatoms. The number of benzene rings is 4. The molecule has 0 aliphatic heterocycles. The molecule has 5 rings (SSSR count). The van der Waals surface area contributed by atoms with E-state index >= 15 is 0 Å². The number of fused-ring (bicyclic) bond motifs is 3. The summed E-state index contributed by atoms with van der Waals surface area (Å²) in [4.78, 5) is 0. The van der Waals surface area contributed by atoms with Crippen LogP contribution in [0.2, 0.25) is 0 Å². The van der Waals surface area contributed by atoms with Crippen LogP contribution in [0, 0.1) is 0 Å². The van der Waals surface area contributed by atoms with Crippen molar-refractivity contribution in [1.29, 1.82) is 0 Å². The maximum Gasteiger partial charge on any atom is 0.134 e. The van der Waals surface area contributed by atoms with E-state index < -0.39 is 0 Å². The van der Waals surface area contributed by atoms with Crippen molar-refractivity contribution in [2.75, 3.05) is 26.3 Å². The van der Waals surface area contributed by atoms with E-state index in [1.807, 2.05) is 72.8 Å². The summed E-state index contributed by atoms with van der Waals surface area (Å²) >= 11 is 0. The van der Waals surface area contributed by atoms with Crippen LogP contribution in [-0.2, 0) is 6.42 Å². The average molecular weight is 525 g/mol. The molecule has 0 radical (unpaired) electrons. The molecule has 0 saturated heterocycles. The van der Waals surface area contributed by atoms with E-state index in [0.717, 1.165) is 42.3 Å². The Hall–Kier alpha value is -4.00. The second-order valence-corrected chi connectivity index (χ2v) is 9.70. The van der Waals surface area contributed by atoms with Crippen LogP contribution in [0.3, 0.4) is 0 Å². The third-order valence-electron chi connectivity index (χ3n) is 6.77. The van der Waals surface area contributed by atoms with Crippen molar-refractivity contribution in [2.45, 2.75) is 31.5 Å². The quantitative estimate of drug-likeness (QED) is 0.196. The number of rotatable bonds is 14. The van der Waals surface area contributed by atoms with E-state index in [0.29, 0.717) is 26.3 Å². The van der Waals surface area contributed by atoms with Crippen molar-refractivity contribution in [3.8, 4) is 34.1 Å². The third kappa shape index (κ3) is 7.11. The van der Waals surface area contributed by atoms with Crippen LogP contribution in [0.4, 0.5) is 0 Å². The van der Waals surface area contributed by atoms with E-state index in [1.54, 1.807) is 0 Å². The number of hydrogen-bond donors (Lipinski definition) is 2. The summed E-state index contributed by atoms with van der Waals surface area (Å²) in [6.45, 7) is 1.95. The lowest BCUT2D eigenvalue weighted by Crippen LogP contribution is -2.27. The highest BCUT2D eigenvalue weighted by atomic mass is 16.5. The van der Waals surface area contributed by atoms with Crippen LogP contribution in [-0.4, -0.2) is 38.5 Å². The van der Waals surface area contributed by atoms with Crippen LogP contribution in [0.15, 0.2) is 97.1 Å². The number of para-hydroxylation sites is 2. The average Bonchev–Trinajstić information content (AvgIpc) is 3.33. The summed E-state index contributed by atoms with van der Waals surface area (Å²) in [5.74, 6) is 3.31. The lowest BCUT2D eigenvalue weighted by atomic mass is 10.1. The highest BCUT2D eigenvalue weighted by Crippen LogP contribution is 2.40. The van der Waals surface area contributed by atoms with Crippen molar-refractivity contribution in [3.63, 3.8) is 0 Å². The van der Waals surface area contributed by atoms with Gasteiger partial charge in [0.1, 0.15) is 48.4 Å². The molecule has 0 aromatic heterocycles. The Kier molecular flexibility index (Phi) is 8.99. The fourth-order valence-electron chi connectivity index (χ4n) is 4.83. The zero-order valence-electron chi connectivity index (χ0n) is 22.1. The minimum Gasteiger partial charge on any atom is -0.490 e. The fraction of sp³-hybridized carbons (Fsp3) is 0.273. The summed E-state index contributed by atoms with van der Waals surface area (Å²) in [5, 5.41) is 0. The van der Waals surface area contributed by atoms with Crippen molar-refractivity contribution in [3.05, 3.63) is 108 Å². The first kappa shape index (κ1) is 26.6. The summed E-state index contributed by atoms with van der Waals surface area (Å²) in [7, 11) is 0. The Bertz CT molecular complexity index is 1230. The number of ether oxygens (including phenoxy) is 4. The van der Waals surface area contributed by atoms with Gasteiger partial charge in [-0.1, -0.05) is 48.5 Å². The zero-order chi connectivity index (χ0) is 26.9. The van der Waals surface area contributed by atoms with Gasteiger partial charge in [-0.05, 0) is 103 Å². The first-order valence-electron chi connectivity index (χ1n) is 13.6. The van der Waals surface area contributed by atoms with Gasteiger partial charge in [0.05, 0.1) is 0 Å². The molecule has 0 saturated carbocycles. The van der Waals surface area contributed by atoms with Gasteiger partial charge in [0.2, 0.25) is 0 Å². The van der Waals surface area contributed by atoms with Gasteiger partial charge in [-0.25, -0.2) is 0 Å². The Labute approximate surface area is 230 Å². The zero-order valence-corrected chi connectivity index (χ0v) is 22.1. The van der Waals surface area contributed by atoms with E-state index in [4.69, 9.17) is 30.4 Å². The molecule has 6 nitrogen and oxygen atoms in total. The summed E-state index contributed by atoms with van der Waals surface area (Å²) in [5.41, 5.74) is 16.6. The molecule has 4 aromatic rings. The van der Waals surface area contributed by atoms with Crippen molar-refractivity contribution < 1.29 is 18.9 Å². The van der Waals surface area contributed by atoms with E-state index in [9.17, 15) is 0 Å².